The molecule has 0 bridgehead atoms. The second kappa shape index (κ2) is 7.65. The molecule has 0 spiro atoms. The average molecular weight is 274 g/mol. The number of rotatable bonds is 8. The number of hydrogen-bond donors (Lipinski definition) is 2. The molecule has 0 radical (unpaired) electrons. The Kier molecular flexibility index (Phi) is 5.55. The molecule has 1 heterocycles. The van der Waals surface area contributed by atoms with Gasteiger partial charge in [0.2, 0.25) is 5.89 Å². The Morgan fingerprint density at radius 1 is 1.10 bits per heavy atom. The number of benzene rings is 1. The molecule has 1 aromatic heterocycles. The maximum Gasteiger partial charge on any atom is 0.320 e. The molecule has 0 fully saturated rings. The first kappa shape index (κ1) is 14.5. The minimum absolute atomic E-state index is 0.446. The van der Waals surface area contributed by atoms with E-state index < -0.39 is 0 Å². The van der Waals surface area contributed by atoms with Crippen LogP contribution in [0.25, 0.3) is 0 Å². The van der Waals surface area contributed by atoms with Crippen LogP contribution in [0.3, 0.4) is 0 Å². The van der Waals surface area contributed by atoms with Crippen LogP contribution in [0, 0.1) is 0 Å². The standard InChI is InChI=1S/C15H22N4O/c1-3-7-12-8-5-6-9-13(12)17-15-19-18-14(20-15)11-16-10-4-2/h5-6,8-9,16H,3-4,7,10-11H2,1-2H3,(H,17,19). The minimum Gasteiger partial charge on any atom is -0.406 e. The topological polar surface area (TPSA) is 63.0 Å². The van der Waals surface area contributed by atoms with Crippen LogP contribution in [0.2, 0.25) is 0 Å². The van der Waals surface area contributed by atoms with Crippen LogP contribution in [-0.2, 0) is 13.0 Å². The molecule has 2 aromatic rings. The van der Waals surface area contributed by atoms with Gasteiger partial charge >= 0.3 is 6.01 Å². The van der Waals surface area contributed by atoms with Crippen molar-refractivity contribution < 1.29 is 4.42 Å². The van der Waals surface area contributed by atoms with E-state index >= 15 is 0 Å². The largest absolute Gasteiger partial charge is 0.406 e. The van der Waals surface area contributed by atoms with E-state index in [1.54, 1.807) is 0 Å². The van der Waals surface area contributed by atoms with Crippen LogP contribution in [0.15, 0.2) is 28.7 Å². The Morgan fingerprint density at radius 2 is 1.95 bits per heavy atom. The third-order valence-electron chi connectivity index (χ3n) is 2.95. The first-order chi connectivity index (χ1) is 9.83. The summed E-state index contributed by atoms with van der Waals surface area (Å²) in [5.74, 6) is 0.605. The summed E-state index contributed by atoms with van der Waals surface area (Å²) in [7, 11) is 0. The molecule has 0 aliphatic heterocycles. The van der Waals surface area contributed by atoms with Gasteiger partial charge in [0, 0.05) is 5.69 Å². The van der Waals surface area contributed by atoms with Crippen molar-refractivity contribution in [1.82, 2.24) is 15.5 Å². The summed E-state index contributed by atoms with van der Waals surface area (Å²) in [6.07, 6.45) is 3.22. The summed E-state index contributed by atoms with van der Waals surface area (Å²) in [5.41, 5.74) is 2.30. The molecule has 0 atom stereocenters. The normalized spacial score (nSPS) is 10.7. The number of aryl methyl sites for hydroxylation is 1. The van der Waals surface area contributed by atoms with Crippen molar-refractivity contribution in [3.63, 3.8) is 0 Å². The molecule has 0 unspecified atom stereocenters. The quantitative estimate of drug-likeness (QED) is 0.723. The predicted molar refractivity (Wildman–Crippen MR) is 80.0 cm³/mol. The molecule has 0 saturated carbocycles. The van der Waals surface area contributed by atoms with Gasteiger partial charge in [-0.3, -0.25) is 0 Å². The van der Waals surface area contributed by atoms with E-state index in [2.05, 4.69) is 40.7 Å². The van der Waals surface area contributed by atoms with Crippen LogP contribution < -0.4 is 10.6 Å². The van der Waals surface area contributed by atoms with E-state index in [-0.39, 0.29) is 0 Å². The lowest BCUT2D eigenvalue weighted by Crippen LogP contribution is -2.13. The summed E-state index contributed by atoms with van der Waals surface area (Å²) in [4.78, 5) is 0. The van der Waals surface area contributed by atoms with Crippen LogP contribution in [-0.4, -0.2) is 16.7 Å². The van der Waals surface area contributed by atoms with E-state index in [4.69, 9.17) is 4.42 Å². The molecule has 0 aliphatic carbocycles. The maximum absolute atomic E-state index is 5.57. The number of anilines is 2. The average Bonchev–Trinajstić information content (AvgIpc) is 2.89. The summed E-state index contributed by atoms with van der Waals surface area (Å²) in [5, 5.41) is 14.5. The zero-order valence-electron chi connectivity index (χ0n) is 12.1. The van der Waals surface area contributed by atoms with Gasteiger partial charge in [0.25, 0.3) is 0 Å². The van der Waals surface area contributed by atoms with Gasteiger partial charge in [0.05, 0.1) is 6.54 Å². The molecular weight excluding hydrogens is 252 g/mol. The Hall–Kier alpha value is -1.88. The fourth-order valence-corrected chi connectivity index (χ4v) is 1.99. The number of nitrogens with one attached hydrogen (secondary N) is 2. The molecule has 1 aromatic carbocycles. The summed E-state index contributed by atoms with van der Waals surface area (Å²) in [6, 6.07) is 8.64. The van der Waals surface area contributed by atoms with Gasteiger partial charge in [-0.2, -0.15) is 0 Å². The number of aromatic nitrogens is 2. The molecule has 2 rings (SSSR count). The number of hydrogen-bond acceptors (Lipinski definition) is 5. The van der Waals surface area contributed by atoms with Crippen LogP contribution >= 0.6 is 0 Å². The Balaban J connectivity index is 1.99. The molecule has 20 heavy (non-hydrogen) atoms. The zero-order valence-corrected chi connectivity index (χ0v) is 12.1. The molecule has 0 aliphatic rings. The van der Waals surface area contributed by atoms with Gasteiger partial charge < -0.3 is 15.1 Å². The number of para-hydroxylation sites is 1. The Labute approximate surface area is 119 Å². The highest BCUT2D eigenvalue weighted by atomic mass is 16.4. The van der Waals surface area contributed by atoms with Crippen LogP contribution in [0.1, 0.15) is 38.1 Å². The maximum atomic E-state index is 5.57. The van der Waals surface area contributed by atoms with Crippen molar-refractivity contribution in [3.05, 3.63) is 35.7 Å². The van der Waals surface area contributed by atoms with Crippen molar-refractivity contribution in [1.29, 1.82) is 0 Å². The molecule has 5 nitrogen and oxygen atoms in total. The van der Waals surface area contributed by atoms with Gasteiger partial charge in [-0.05, 0) is 31.0 Å². The Morgan fingerprint density at radius 3 is 2.75 bits per heavy atom. The third-order valence-corrected chi connectivity index (χ3v) is 2.95. The van der Waals surface area contributed by atoms with E-state index in [0.717, 1.165) is 31.5 Å². The van der Waals surface area contributed by atoms with Crippen molar-refractivity contribution in [3.8, 4) is 0 Å². The predicted octanol–water partition coefficient (Wildman–Crippen LogP) is 3.27. The number of nitrogens with zero attached hydrogens (tertiary/aromatic N) is 2. The molecule has 108 valence electrons. The van der Waals surface area contributed by atoms with Gasteiger partial charge in [0.1, 0.15) is 0 Å². The van der Waals surface area contributed by atoms with Gasteiger partial charge in [-0.1, -0.05) is 43.6 Å². The molecule has 0 amide bonds. The van der Waals surface area contributed by atoms with Gasteiger partial charge in [0.15, 0.2) is 0 Å². The Bertz CT molecular complexity index is 524. The summed E-state index contributed by atoms with van der Waals surface area (Å²) in [6.45, 7) is 5.85. The fraction of sp³-hybridized carbons (Fsp3) is 0.467. The molecule has 0 saturated heterocycles. The summed E-state index contributed by atoms with van der Waals surface area (Å²) < 4.78 is 5.57. The van der Waals surface area contributed by atoms with Crippen molar-refractivity contribution in [2.45, 2.75) is 39.7 Å². The zero-order chi connectivity index (χ0) is 14.2. The van der Waals surface area contributed by atoms with E-state index in [9.17, 15) is 0 Å². The van der Waals surface area contributed by atoms with Crippen molar-refractivity contribution in [2.75, 3.05) is 11.9 Å². The lowest BCUT2D eigenvalue weighted by molar-refractivity contribution is 0.479. The van der Waals surface area contributed by atoms with Crippen LogP contribution in [0.4, 0.5) is 11.7 Å². The highest BCUT2D eigenvalue weighted by Gasteiger charge is 2.07. The molecule has 2 N–H and O–H groups in total. The van der Waals surface area contributed by atoms with Crippen LogP contribution in [0.5, 0.6) is 0 Å². The second-order valence-electron chi connectivity index (χ2n) is 4.71. The third kappa shape index (κ3) is 4.06. The lowest BCUT2D eigenvalue weighted by Gasteiger charge is -2.07. The highest BCUT2D eigenvalue weighted by Crippen LogP contribution is 2.21. The minimum atomic E-state index is 0.446. The fourth-order valence-electron chi connectivity index (χ4n) is 1.99. The van der Waals surface area contributed by atoms with E-state index in [1.807, 2.05) is 18.2 Å². The first-order valence-electron chi connectivity index (χ1n) is 7.21. The smallest absolute Gasteiger partial charge is 0.320 e. The first-order valence-corrected chi connectivity index (χ1v) is 7.21. The van der Waals surface area contributed by atoms with Gasteiger partial charge in [-0.25, -0.2) is 0 Å². The van der Waals surface area contributed by atoms with Crippen molar-refractivity contribution in [2.24, 2.45) is 0 Å². The van der Waals surface area contributed by atoms with Crippen molar-refractivity contribution >= 4 is 11.7 Å². The SMILES string of the molecule is CCCNCc1nnc(Nc2ccccc2CCC)o1. The second-order valence-corrected chi connectivity index (χ2v) is 4.71. The molecular formula is C15H22N4O. The van der Waals surface area contributed by atoms with E-state index in [0.29, 0.717) is 18.5 Å². The monoisotopic (exact) mass is 274 g/mol. The summed E-state index contributed by atoms with van der Waals surface area (Å²) >= 11 is 0. The van der Waals surface area contributed by atoms with E-state index in [1.165, 1.54) is 5.56 Å². The molecule has 5 heteroatoms. The highest BCUT2D eigenvalue weighted by molar-refractivity contribution is 5.57. The van der Waals surface area contributed by atoms with Gasteiger partial charge in [-0.15, -0.1) is 5.10 Å². The lowest BCUT2D eigenvalue weighted by atomic mass is 10.1.